The van der Waals surface area contributed by atoms with E-state index in [2.05, 4.69) is 10.1 Å². The van der Waals surface area contributed by atoms with Gasteiger partial charge < -0.3 is 10.9 Å². The maximum atomic E-state index is 8.99. The minimum absolute atomic E-state index is 0.0919. The van der Waals surface area contributed by atoms with Crippen LogP contribution in [0, 0.1) is 0 Å². The number of aryl methyl sites for hydroxylation is 2. The van der Waals surface area contributed by atoms with Crippen molar-refractivity contribution in [3.63, 3.8) is 0 Å². The Bertz CT molecular complexity index is 673. The van der Waals surface area contributed by atoms with E-state index in [1.54, 1.807) is 6.20 Å². The van der Waals surface area contributed by atoms with E-state index in [1.807, 2.05) is 24.3 Å². The monoisotopic (exact) mass is 300 g/mol. The van der Waals surface area contributed by atoms with Crippen LogP contribution < -0.4 is 5.73 Å². The molecule has 0 spiro atoms. The van der Waals surface area contributed by atoms with Gasteiger partial charge in [0, 0.05) is 11.9 Å². The fourth-order valence-corrected chi connectivity index (χ4v) is 3.32. The van der Waals surface area contributed by atoms with Crippen molar-refractivity contribution >= 4 is 17.6 Å². The summed E-state index contributed by atoms with van der Waals surface area (Å²) in [5.74, 6) is 0.0919. The smallest absolute Gasteiger partial charge is 0.172 e. The molecule has 0 bridgehead atoms. The fourth-order valence-electron chi connectivity index (χ4n) is 2.44. The second kappa shape index (κ2) is 6.13. The third-order valence-corrected chi connectivity index (χ3v) is 4.44. The highest BCUT2D eigenvalue weighted by Crippen LogP contribution is 2.31. The van der Waals surface area contributed by atoms with Crippen molar-refractivity contribution in [1.82, 2.24) is 9.97 Å². The first-order chi connectivity index (χ1) is 10.3. The molecule has 0 saturated heterocycles. The first-order valence-corrected chi connectivity index (χ1v) is 7.69. The topological polar surface area (TPSA) is 84.4 Å². The van der Waals surface area contributed by atoms with Gasteiger partial charge in [-0.15, -0.1) is 0 Å². The zero-order valence-electron chi connectivity index (χ0n) is 11.5. The molecule has 3 N–H and O–H groups in total. The van der Waals surface area contributed by atoms with Crippen molar-refractivity contribution in [2.45, 2.75) is 35.7 Å². The van der Waals surface area contributed by atoms with Gasteiger partial charge in [0.25, 0.3) is 0 Å². The molecule has 0 fully saturated rings. The molecular formula is C15H16N4OS. The van der Waals surface area contributed by atoms with Gasteiger partial charge in [0.2, 0.25) is 0 Å². The van der Waals surface area contributed by atoms with E-state index in [9.17, 15) is 0 Å². The number of hydrogen-bond donors (Lipinski definition) is 2. The van der Waals surface area contributed by atoms with Gasteiger partial charge in [0.15, 0.2) is 5.84 Å². The van der Waals surface area contributed by atoms with Gasteiger partial charge in [-0.3, -0.25) is 0 Å². The highest BCUT2D eigenvalue weighted by molar-refractivity contribution is 7.99. The number of oxime groups is 1. The summed E-state index contributed by atoms with van der Waals surface area (Å²) in [5.41, 5.74) is 8.80. The lowest BCUT2D eigenvalue weighted by Crippen LogP contribution is -2.18. The zero-order chi connectivity index (χ0) is 14.7. The van der Waals surface area contributed by atoms with Crippen molar-refractivity contribution in [3.05, 3.63) is 47.3 Å². The van der Waals surface area contributed by atoms with Gasteiger partial charge in [-0.2, -0.15) is 0 Å². The molecule has 2 heterocycles. The Morgan fingerprint density at radius 1 is 1.29 bits per heavy atom. The average molecular weight is 300 g/mol. The largest absolute Gasteiger partial charge is 0.409 e. The molecule has 1 aliphatic carbocycles. The summed E-state index contributed by atoms with van der Waals surface area (Å²) < 4.78 is 0. The lowest BCUT2D eigenvalue weighted by molar-refractivity contribution is 0.318. The maximum absolute atomic E-state index is 8.99. The van der Waals surface area contributed by atoms with Crippen LogP contribution in [0.15, 0.2) is 45.7 Å². The number of rotatable bonds is 3. The summed E-state index contributed by atoms with van der Waals surface area (Å²) >= 11 is 1.44. The Morgan fingerprint density at radius 2 is 2.14 bits per heavy atom. The number of nitrogens with zero attached hydrogens (tertiary/aromatic N) is 3. The summed E-state index contributed by atoms with van der Waals surface area (Å²) in [6, 6.07) is 7.72. The highest BCUT2D eigenvalue weighted by Gasteiger charge is 2.18. The molecule has 5 nitrogen and oxygen atoms in total. The Labute approximate surface area is 127 Å². The number of amidine groups is 1. The SMILES string of the molecule is NC(=NO)c1cc2c(nc1Sc1ccccn1)CCCC2. The molecular weight excluding hydrogens is 284 g/mol. The van der Waals surface area contributed by atoms with Crippen LogP contribution in [0.4, 0.5) is 0 Å². The minimum Gasteiger partial charge on any atom is -0.409 e. The molecule has 0 atom stereocenters. The molecule has 1 aliphatic rings. The molecule has 0 unspecified atom stereocenters. The second-order valence-corrected chi connectivity index (χ2v) is 5.92. The summed E-state index contributed by atoms with van der Waals surface area (Å²) in [4.78, 5) is 9.02. The van der Waals surface area contributed by atoms with Crippen LogP contribution in [0.3, 0.4) is 0 Å². The molecule has 0 aliphatic heterocycles. The number of fused-ring (bicyclic) bond motifs is 1. The van der Waals surface area contributed by atoms with Crippen LogP contribution in [-0.2, 0) is 12.8 Å². The van der Waals surface area contributed by atoms with Gasteiger partial charge in [-0.25, -0.2) is 9.97 Å². The molecule has 3 rings (SSSR count). The predicted molar refractivity (Wildman–Crippen MR) is 81.7 cm³/mol. The van der Waals surface area contributed by atoms with Crippen molar-refractivity contribution in [2.75, 3.05) is 0 Å². The van der Waals surface area contributed by atoms with Gasteiger partial charge in [0.1, 0.15) is 10.1 Å². The normalized spacial score (nSPS) is 14.8. The van der Waals surface area contributed by atoms with Crippen LogP contribution in [0.1, 0.15) is 29.7 Å². The van der Waals surface area contributed by atoms with Crippen LogP contribution in [-0.4, -0.2) is 21.0 Å². The summed E-state index contributed by atoms with van der Waals surface area (Å²) in [6.07, 6.45) is 6.06. The van der Waals surface area contributed by atoms with Crippen LogP contribution >= 0.6 is 11.8 Å². The first kappa shape index (κ1) is 13.9. The highest BCUT2D eigenvalue weighted by atomic mass is 32.2. The number of aromatic nitrogens is 2. The van der Waals surface area contributed by atoms with Crippen molar-refractivity contribution in [2.24, 2.45) is 10.9 Å². The number of nitrogens with two attached hydrogens (primary N) is 1. The number of pyridine rings is 2. The molecule has 0 radical (unpaired) electrons. The van der Waals surface area contributed by atoms with Crippen LogP contribution in [0.2, 0.25) is 0 Å². The molecule has 21 heavy (non-hydrogen) atoms. The third kappa shape index (κ3) is 3.00. The van der Waals surface area contributed by atoms with E-state index in [4.69, 9.17) is 15.9 Å². The van der Waals surface area contributed by atoms with Crippen molar-refractivity contribution in [3.8, 4) is 0 Å². The Hall–Kier alpha value is -2.08. The lowest BCUT2D eigenvalue weighted by atomic mass is 9.95. The average Bonchev–Trinajstić information content (AvgIpc) is 2.54. The molecule has 2 aromatic rings. The van der Waals surface area contributed by atoms with Gasteiger partial charge in [-0.05, 0) is 61.2 Å². The van der Waals surface area contributed by atoms with Crippen molar-refractivity contribution < 1.29 is 5.21 Å². The zero-order valence-corrected chi connectivity index (χ0v) is 12.3. The number of hydrogen-bond acceptors (Lipinski definition) is 5. The maximum Gasteiger partial charge on any atom is 0.172 e. The Kier molecular flexibility index (Phi) is 4.06. The standard InChI is InChI=1S/C15H16N4OS/c16-14(19-20)11-9-10-5-1-2-6-12(10)18-15(11)21-13-7-3-4-8-17-13/h3-4,7-9,20H,1-2,5-6H2,(H2,16,19). The van der Waals surface area contributed by atoms with E-state index in [-0.39, 0.29) is 5.84 Å². The fraction of sp³-hybridized carbons (Fsp3) is 0.267. The second-order valence-electron chi connectivity index (χ2n) is 4.91. The molecule has 6 heteroatoms. The van der Waals surface area contributed by atoms with E-state index < -0.39 is 0 Å². The van der Waals surface area contributed by atoms with Gasteiger partial charge in [0.05, 0.1) is 5.56 Å². The van der Waals surface area contributed by atoms with Gasteiger partial charge >= 0.3 is 0 Å². The summed E-state index contributed by atoms with van der Waals surface area (Å²) in [6.45, 7) is 0. The lowest BCUT2D eigenvalue weighted by Gasteiger charge is -2.17. The quantitative estimate of drug-likeness (QED) is 0.394. The first-order valence-electron chi connectivity index (χ1n) is 6.87. The van der Waals surface area contributed by atoms with Crippen LogP contribution in [0.25, 0.3) is 0 Å². The molecule has 0 aromatic carbocycles. The van der Waals surface area contributed by atoms with Crippen molar-refractivity contribution in [1.29, 1.82) is 0 Å². The Balaban J connectivity index is 2.04. The van der Waals surface area contributed by atoms with E-state index in [0.29, 0.717) is 5.56 Å². The third-order valence-electron chi connectivity index (χ3n) is 3.49. The Morgan fingerprint density at radius 3 is 2.90 bits per heavy atom. The van der Waals surface area contributed by atoms with E-state index in [1.165, 1.54) is 17.3 Å². The van der Waals surface area contributed by atoms with E-state index >= 15 is 0 Å². The molecule has 0 saturated carbocycles. The minimum atomic E-state index is 0.0919. The summed E-state index contributed by atoms with van der Waals surface area (Å²) in [5, 5.41) is 13.7. The molecule has 2 aromatic heterocycles. The predicted octanol–water partition coefficient (Wildman–Crippen LogP) is 2.60. The molecule has 108 valence electrons. The van der Waals surface area contributed by atoms with Crippen LogP contribution in [0.5, 0.6) is 0 Å². The van der Waals surface area contributed by atoms with Gasteiger partial charge in [-0.1, -0.05) is 11.2 Å². The van der Waals surface area contributed by atoms with E-state index in [0.717, 1.165) is 41.4 Å². The molecule has 0 amide bonds. The summed E-state index contributed by atoms with van der Waals surface area (Å²) in [7, 11) is 0.